The average Bonchev–Trinajstić information content (AvgIpc) is 3.11. The molecular weight excluding hydrogens is 405 g/mol. The fourth-order valence-corrected chi connectivity index (χ4v) is 4.89. The highest BCUT2D eigenvalue weighted by Crippen LogP contribution is 2.44. The number of hydrogen-bond acceptors (Lipinski definition) is 5. The number of phosphoric acid groups is 1. The molecule has 1 aromatic carbocycles. The molecule has 0 heterocycles. The van der Waals surface area contributed by atoms with Crippen LogP contribution in [0.4, 0.5) is 0 Å². The predicted octanol–water partition coefficient (Wildman–Crippen LogP) is 3.23. The molecule has 8 heteroatoms. The molecule has 0 spiro atoms. The van der Waals surface area contributed by atoms with Crippen molar-refractivity contribution in [1.82, 2.24) is 0 Å². The van der Waals surface area contributed by atoms with Gasteiger partial charge in [-0.15, -0.1) is 6.58 Å². The van der Waals surface area contributed by atoms with Gasteiger partial charge < -0.3 is 25.0 Å². The Morgan fingerprint density at radius 1 is 1.23 bits per heavy atom. The van der Waals surface area contributed by atoms with Gasteiger partial charge in [0.1, 0.15) is 0 Å². The second kappa shape index (κ2) is 10.5. The van der Waals surface area contributed by atoms with E-state index < -0.39 is 13.4 Å². The third-order valence-corrected chi connectivity index (χ3v) is 6.56. The van der Waals surface area contributed by atoms with Crippen LogP contribution >= 0.6 is 7.82 Å². The van der Waals surface area contributed by atoms with Crippen molar-refractivity contribution in [3.63, 3.8) is 0 Å². The van der Waals surface area contributed by atoms with Crippen LogP contribution in [0.15, 0.2) is 30.9 Å². The van der Waals surface area contributed by atoms with Crippen LogP contribution < -0.4 is 5.73 Å². The third-order valence-electron chi connectivity index (χ3n) is 6.10. The van der Waals surface area contributed by atoms with Crippen LogP contribution in [0.2, 0.25) is 0 Å². The molecule has 7 nitrogen and oxygen atoms in total. The van der Waals surface area contributed by atoms with E-state index in [0.717, 1.165) is 32.1 Å². The molecule has 1 fully saturated rings. The Morgan fingerprint density at radius 2 is 2.07 bits per heavy atom. The van der Waals surface area contributed by atoms with E-state index in [0.29, 0.717) is 38.6 Å². The van der Waals surface area contributed by atoms with Crippen LogP contribution in [-0.4, -0.2) is 47.9 Å². The topological polar surface area (TPSA) is 111 Å². The Labute approximate surface area is 178 Å². The van der Waals surface area contributed by atoms with Gasteiger partial charge in [0.15, 0.2) is 0 Å². The van der Waals surface area contributed by atoms with Crippen LogP contribution in [0.5, 0.6) is 0 Å². The zero-order valence-corrected chi connectivity index (χ0v) is 18.4. The number of hydrogen-bond donors (Lipinski definition) is 3. The largest absolute Gasteiger partial charge is 0.469 e. The molecular formula is C22H34NO6P. The van der Waals surface area contributed by atoms with E-state index in [1.54, 1.807) is 0 Å². The van der Waals surface area contributed by atoms with E-state index in [-0.39, 0.29) is 12.7 Å². The first-order valence-electron chi connectivity index (χ1n) is 10.7. The van der Waals surface area contributed by atoms with E-state index >= 15 is 0 Å². The van der Waals surface area contributed by atoms with Crippen molar-refractivity contribution >= 4 is 7.82 Å². The first kappa shape index (κ1) is 23.6. The minimum absolute atomic E-state index is 0.116. The molecule has 1 aromatic rings. The highest BCUT2D eigenvalue weighted by atomic mass is 31.2. The van der Waals surface area contributed by atoms with Crippen molar-refractivity contribution in [2.45, 2.75) is 62.5 Å². The molecule has 0 amide bonds. The molecule has 30 heavy (non-hydrogen) atoms. The number of ether oxygens (including phenoxy) is 2. The maximum Gasteiger partial charge on any atom is 0.469 e. The Bertz CT molecular complexity index is 766. The van der Waals surface area contributed by atoms with Crippen molar-refractivity contribution in [2.24, 2.45) is 5.73 Å². The number of nitrogens with two attached hydrogens (primary N) is 1. The number of rotatable bonds is 11. The van der Waals surface area contributed by atoms with Gasteiger partial charge in [-0.1, -0.05) is 24.3 Å². The molecule has 0 unspecified atom stereocenters. The summed E-state index contributed by atoms with van der Waals surface area (Å²) in [6.07, 6.45) is 8.13. The molecule has 0 bridgehead atoms. The van der Waals surface area contributed by atoms with E-state index in [1.165, 1.54) is 16.7 Å². The standard InChI is InChI=1S/C22H34NO6P/c1-2-3-10-27-11-12-28-21-7-6-17-13-18(4-5-19(17)14-21)20-8-9-22(23,15-20)16-29-30(24,25)26/h2,4-5,13,20-21H,1,3,6-12,14-16,23H2,(H2,24,25,26)/t20-,21+,22+/m1/s1. The fourth-order valence-electron chi connectivity index (χ4n) is 4.46. The van der Waals surface area contributed by atoms with E-state index in [4.69, 9.17) is 25.0 Å². The monoisotopic (exact) mass is 439 g/mol. The zero-order chi connectivity index (χ0) is 21.6. The summed E-state index contributed by atoms with van der Waals surface area (Å²) in [5, 5.41) is 0. The Kier molecular flexibility index (Phi) is 8.27. The molecule has 3 rings (SSSR count). The van der Waals surface area contributed by atoms with Crippen molar-refractivity contribution in [2.75, 3.05) is 26.4 Å². The van der Waals surface area contributed by atoms with Crippen molar-refractivity contribution in [1.29, 1.82) is 0 Å². The number of fused-ring (bicyclic) bond motifs is 1. The van der Waals surface area contributed by atoms with Gasteiger partial charge in [-0.05, 0) is 67.6 Å². The van der Waals surface area contributed by atoms with E-state index in [1.807, 2.05) is 6.08 Å². The molecule has 0 radical (unpaired) electrons. The Morgan fingerprint density at radius 3 is 2.83 bits per heavy atom. The minimum atomic E-state index is -4.49. The van der Waals surface area contributed by atoms with Crippen LogP contribution in [0.1, 0.15) is 54.7 Å². The molecule has 3 atom stereocenters. The van der Waals surface area contributed by atoms with Crippen LogP contribution in [0, 0.1) is 0 Å². The number of benzene rings is 1. The Balaban J connectivity index is 1.49. The lowest BCUT2D eigenvalue weighted by Gasteiger charge is -2.27. The van der Waals surface area contributed by atoms with E-state index in [2.05, 4.69) is 29.3 Å². The summed E-state index contributed by atoms with van der Waals surface area (Å²) in [6.45, 7) is 5.49. The summed E-state index contributed by atoms with van der Waals surface area (Å²) in [6, 6.07) is 6.65. The highest BCUT2D eigenvalue weighted by molar-refractivity contribution is 7.46. The van der Waals surface area contributed by atoms with Crippen LogP contribution in [0.3, 0.4) is 0 Å². The molecule has 1 saturated carbocycles. The maximum absolute atomic E-state index is 11.0. The van der Waals surface area contributed by atoms with Gasteiger partial charge in [0, 0.05) is 5.54 Å². The summed E-state index contributed by atoms with van der Waals surface area (Å²) in [5.74, 6) is 0.294. The fraction of sp³-hybridized carbons (Fsp3) is 0.636. The van der Waals surface area contributed by atoms with E-state index in [9.17, 15) is 4.57 Å². The van der Waals surface area contributed by atoms with Gasteiger partial charge in [-0.3, -0.25) is 4.52 Å². The van der Waals surface area contributed by atoms with Gasteiger partial charge in [-0.25, -0.2) is 4.57 Å². The van der Waals surface area contributed by atoms with Crippen LogP contribution in [-0.2, 0) is 31.4 Å². The molecule has 168 valence electrons. The summed E-state index contributed by atoms with van der Waals surface area (Å²) in [7, 11) is -4.49. The van der Waals surface area contributed by atoms with Crippen molar-refractivity contribution in [3.8, 4) is 0 Å². The molecule has 0 aromatic heterocycles. The quantitative estimate of drug-likeness (QED) is 0.276. The van der Waals surface area contributed by atoms with Crippen molar-refractivity contribution < 1.29 is 28.3 Å². The molecule has 2 aliphatic carbocycles. The summed E-state index contributed by atoms with van der Waals surface area (Å²) >= 11 is 0. The summed E-state index contributed by atoms with van der Waals surface area (Å²) in [4.78, 5) is 17.9. The maximum atomic E-state index is 11.0. The average molecular weight is 439 g/mol. The predicted molar refractivity (Wildman–Crippen MR) is 115 cm³/mol. The SMILES string of the molecule is C=CCCOCCO[C@H]1CCc2cc([C@@H]3CC[C@@](N)(COP(=O)(O)O)C3)ccc2C1. The van der Waals surface area contributed by atoms with Crippen LogP contribution in [0.25, 0.3) is 0 Å². The smallest absolute Gasteiger partial charge is 0.379 e. The second-order valence-corrected chi connectivity index (χ2v) is 9.76. The lowest BCUT2D eigenvalue weighted by Crippen LogP contribution is -2.41. The van der Waals surface area contributed by atoms with Gasteiger partial charge >= 0.3 is 7.82 Å². The first-order valence-corrected chi connectivity index (χ1v) is 12.2. The zero-order valence-electron chi connectivity index (χ0n) is 17.5. The lowest BCUT2D eigenvalue weighted by molar-refractivity contribution is 0.000426. The summed E-state index contributed by atoms with van der Waals surface area (Å²) in [5.41, 5.74) is 9.61. The number of phosphoric ester groups is 1. The van der Waals surface area contributed by atoms with Gasteiger partial charge in [-0.2, -0.15) is 0 Å². The lowest BCUT2D eigenvalue weighted by atomic mass is 9.85. The normalized spacial score (nSPS) is 26.5. The Hall–Kier alpha value is -1.05. The first-order chi connectivity index (χ1) is 14.3. The highest BCUT2D eigenvalue weighted by Gasteiger charge is 2.38. The second-order valence-electron chi connectivity index (χ2n) is 8.52. The minimum Gasteiger partial charge on any atom is -0.379 e. The number of aryl methyl sites for hydroxylation is 1. The van der Waals surface area contributed by atoms with Crippen molar-refractivity contribution in [3.05, 3.63) is 47.5 Å². The van der Waals surface area contributed by atoms with Gasteiger partial charge in [0.2, 0.25) is 0 Å². The third kappa shape index (κ3) is 6.99. The molecule has 2 aliphatic rings. The molecule has 4 N–H and O–H groups in total. The molecule has 0 aliphatic heterocycles. The molecule has 0 saturated heterocycles. The summed E-state index contributed by atoms with van der Waals surface area (Å²) < 4.78 is 27.2. The van der Waals surface area contributed by atoms with Gasteiger partial charge in [0.25, 0.3) is 0 Å². The van der Waals surface area contributed by atoms with Gasteiger partial charge in [0.05, 0.1) is 32.5 Å².